The molecule has 1 amide bonds. The van der Waals surface area contributed by atoms with E-state index in [1.165, 1.54) is 6.07 Å². The molecule has 1 heterocycles. The molecule has 0 aliphatic carbocycles. The fraction of sp³-hybridized carbons (Fsp3) is 0.471. The Morgan fingerprint density at radius 3 is 2.74 bits per heavy atom. The summed E-state index contributed by atoms with van der Waals surface area (Å²) in [6, 6.07) is 6.39. The summed E-state index contributed by atoms with van der Waals surface area (Å²) in [5, 5.41) is 2.85. The van der Waals surface area contributed by atoms with Gasteiger partial charge in [-0.05, 0) is 32.0 Å². The SMILES string of the molecule is CC(=Cc1ccccc1F)C(=O)NCCCN1CCS(=O)CC1. The fourth-order valence-corrected chi connectivity index (χ4v) is 3.56. The second-order valence-electron chi connectivity index (χ2n) is 5.65. The number of benzene rings is 1. The predicted octanol–water partition coefficient (Wildman–Crippen LogP) is 1.80. The molecule has 0 unspecified atom stereocenters. The highest BCUT2D eigenvalue weighted by atomic mass is 32.2. The first-order chi connectivity index (χ1) is 11.1. The van der Waals surface area contributed by atoms with E-state index >= 15 is 0 Å². The van der Waals surface area contributed by atoms with E-state index in [2.05, 4.69) is 10.2 Å². The quantitative estimate of drug-likeness (QED) is 0.636. The molecular weight excluding hydrogens is 315 g/mol. The maximum absolute atomic E-state index is 13.5. The largest absolute Gasteiger partial charge is 0.352 e. The molecule has 6 heteroatoms. The molecule has 1 aliphatic heterocycles. The van der Waals surface area contributed by atoms with E-state index in [9.17, 15) is 13.4 Å². The average molecular weight is 338 g/mol. The molecule has 1 aliphatic rings. The van der Waals surface area contributed by atoms with Crippen LogP contribution in [0.25, 0.3) is 6.08 Å². The minimum atomic E-state index is -0.653. The van der Waals surface area contributed by atoms with Gasteiger partial charge in [-0.15, -0.1) is 0 Å². The van der Waals surface area contributed by atoms with E-state index in [0.29, 0.717) is 17.7 Å². The van der Waals surface area contributed by atoms with E-state index in [0.717, 1.165) is 37.6 Å². The summed E-state index contributed by atoms with van der Waals surface area (Å²) in [6.45, 7) is 4.90. The number of nitrogens with one attached hydrogen (secondary N) is 1. The first-order valence-electron chi connectivity index (χ1n) is 7.84. The number of carbonyl (C=O) groups is 1. The number of amides is 1. The molecule has 1 N–H and O–H groups in total. The molecule has 4 nitrogen and oxygen atoms in total. The highest BCUT2D eigenvalue weighted by molar-refractivity contribution is 7.85. The van der Waals surface area contributed by atoms with Gasteiger partial charge < -0.3 is 10.2 Å². The van der Waals surface area contributed by atoms with Crippen molar-refractivity contribution in [3.05, 3.63) is 41.2 Å². The normalized spacial score (nSPS) is 17.2. The lowest BCUT2D eigenvalue weighted by molar-refractivity contribution is -0.117. The third-order valence-corrected chi connectivity index (χ3v) is 5.12. The number of halogens is 1. The Hall–Kier alpha value is -1.53. The maximum Gasteiger partial charge on any atom is 0.246 e. The Balaban J connectivity index is 1.72. The zero-order valence-electron chi connectivity index (χ0n) is 13.4. The molecule has 1 aromatic carbocycles. The van der Waals surface area contributed by atoms with Gasteiger partial charge >= 0.3 is 0 Å². The number of nitrogens with zero attached hydrogens (tertiary/aromatic N) is 1. The number of hydrogen-bond acceptors (Lipinski definition) is 3. The lowest BCUT2D eigenvalue weighted by Crippen LogP contribution is -2.39. The third-order valence-electron chi connectivity index (χ3n) is 3.84. The molecule has 0 atom stereocenters. The number of carbonyl (C=O) groups excluding carboxylic acids is 1. The summed E-state index contributed by atoms with van der Waals surface area (Å²) in [5.41, 5.74) is 0.907. The molecule has 1 saturated heterocycles. The molecule has 0 bridgehead atoms. The van der Waals surface area contributed by atoms with Crippen LogP contribution in [0, 0.1) is 5.82 Å². The van der Waals surface area contributed by atoms with Gasteiger partial charge in [0.15, 0.2) is 0 Å². The second kappa shape index (κ2) is 8.93. The molecule has 23 heavy (non-hydrogen) atoms. The van der Waals surface area contributed by atoms with Gasteiger partial charge in [0.25, 0.3) is 0 Å². The van der Waals surface area contributed by atoms with E-state index in [-0.39, 0.29) is 11.7 Å². The standard InChI is InChI=1S/C17H23FN2O2S/c1-14(13-15-5-2-3-6-16(15)18)17(21)19-7-4-8-20-9-11-23(22)12-10-20/h2-3,5-6,13H,4,7-12H2,1H3,(H,19,21). The lowest BCUT2D eigenvalue weighted by Gasteiger charge is -2.25. The highest BCUT2D eigenvalue weighted by Crippen LogP contribution is 2.11. The summed E-state index contributed by atoms with van der Waals surface area (Å²) >= 11 is 0. The molecule has 2 rings (SSSR count). The lowest BCUT2D eigenvalue weighted by atomic mass is 10.1. The van der Waals surface area contributed by atoms with Crippen molar-refractivity contribution in [3.63, 3.8) is 0 Å². The van der Waals surface area contributed by atoms with Crippen molar-refractivity contribution in [1.82, 2.24) is 10.2 Å². The fourth-order valence-electron chi connectivity index (χ4n) is 2.43. The van der Waals surface area contributed by atoms with Gasteiger partial charge in [-0.2, -0.15) is 0 Å². The van der Waals surface area contributed by atoms with Crippen molar-refractivity contribution < 1.29 is 13.4 Å². The summed E-state index contributed by atoms with van der Waals surface area (Å²) < 4.78 is 24.8. The van der Waals surface area contributed by atoms with Gasteiger partial charge in [-0.3, -0.25) is 9.00 Å². The van der Waals surface area contributed by atoms with Crippen LogP contribution in [0.1, 0.15) is 18.9 Å². The van der Waals surface area contributed by atoms with Crippen LogP contribution < -0.4 is 5.32 Å². The van der Waals surface area contributed by atoms with E-state index in [1.807, 2.05) is 0 Å². The minimum Gasteiger partial charge on any atom is -0.352 e. The van der Waals surface area contributed by atoms with Crippen molar-refractivity contribution in [2.75, 3.05) is 37.7 Å². The molecular formula is C17H23FN2O2S. The van der Waals surface area contributed by atoms with Crippen LogP contribution in [0.5, 0.6) is 0 Å². The van der Waals surface area contributed by atoms with Crippen molar-refractivity contribution >= 4 is 22.8 Å². The van der Waals surface area contributed by atoms with E-state index in [4.69, 9.17) is 0 Å². The number of hydrogen-bond donors (Lipinski definition) is 1. The third kappa shape index (κ3) is 5.88. The highest BCUT2D eigenvalue weighted by Gasteiger charge is 2.14. The molecule has 0 spiro atoms. The van der Waals surface area contributed by atoms with Gasteiger partial charge in [0.05, 0.1) is 0 Å². The monoisotopic (exact) mass is 338 g/mol. The summed E-state index contributed by atoms with van der Waals surface area (Å²) in [7, 11) is -0.653. The molecule has 126 valence electrons. The summed E-state index contributed by atoms with van der Waals surface area (Å²) in [5.74, 6) is 0.989. The second-order valence-corrected chi connectivity index (χ2v) is 7.34. The van der Waals surface area contributed by atoms with Crippen molar-refractivity contribution in [1.29, 1.82) is 0 Å². The first kappa shape index (κ1) is 17.8. The van der Waals surface area contributed by atoms with Crippen molar-refractivity contribution in [3.8, 4) is 0 Å². The zero-order valence-corrected chi connectivity index (χ0v) is 14.2. The average Bonchev–Trinajstić information content (AvgIpc) is 2.55. The minimum absolute atomic E-state index is 0.173. The van der Waals surface area contributed by atoms with Crippen LogP contribution in [0.2, 0.25) is 0 Å². The molecule has 0 aromatic heterocycles. The summed E-state index contributed by atoms with van der Waals surface area (Å²) in [6.07, 6.45) is 2.41. The molecule has 1 aromatic rings. The Morgan fingerprint density at radius 1 is 1.35 bits per heavy atom. The molecule has 1 fully saturated rings. The maximum atomic E-state index is 13.5. The Labute approximate surface area is 139 Å². The van der Waals surface area contributed by atoms with Gasteiger partial charge in [0.2, 0.25) is 5.91 Å². The summed E-state index contributed by atoms with van der Waals surface area (Å²) in [4.78, 5) is 14.3. The van der Waals surface area contributed by atoms with Gasteiger partial charge in [-0.25, -0.2) is 4.39 Å². The smallest absolute Gasteiger partial charge is 0.246 e. The Morgan fingerprint density at radius 2 is 2.04 bits per heavy atom. The number of rotatable bonds is 6. The van der Waals surface area contributed by atoms with Crippen molar-refractivity contribution in [2.45, 2.75) is 13.3 Å². The predicted molar refractivity (Wildman–Crippen MR) is 92.0 cm³/mol. The first-order valence-corrected chi connectivity index (χ1v) is 9.33. The Bertz CT molecular complexity index is 594. The van der Waals surface area contributed by atoms with Crippen molar-refractivity contribution in [2.24, 2.45) is 0 Å². The topological polar surface area (TPSA) is 49.4 Å². The Kier molecular flexibility index (Phi) is 6.92. The van der Waals surface area contributed by atoms with Crippen LogP contribution in [-0.2, 0) is 15.6 Å². The van der Waals surface area contributed by atoms with Crippen LogP contribution in [0.4, 0.5) is 4.39 Å². The van der Waals surface area contributed by atoms with E-state index < -0.39 is 10.8 Å². The van der Waals surface area contributed by atoms with Crippen LogP contribution >= 0.6 is 0 Å². The zero-order chi connectivity index (χ0) is 16.7. The van der Waals surface area contributed by atoms with Gasteiger partial charge in [0, 0.05) is 53.1 Å². The van der Waals surface area contributed by atoms with Gasteiger partial charge in [-0.1, -0.05) is 18.2 Å². The molecule has 0 saturated carbocycles. The molecule has 0 radical (unpaired) electrons. The van der Waals surface area contributed by atoms with E-state index in [1.54, 1.807) is 31.2 Å². The van der Waals surface area contributed by atoms with Crippen LogP contribution in [-0.4, -0.2) is 52.7 Å². The van der Waals surface area contributed by atoms with Crippen LogP contribution in [0.15, 0.2) is 29.8 Å². The van der Waals surface area contributed by atoms with Gasteiger partial charge in [0.1, 0.15) is 5.82 Å². The van der Waals surface area contributed by atoms with Crippen LogP contribution in [0.3, 0.4) is 0 Å².